The van der Waals surface area contributed by atoms with Gasteiger partial charge < -0.3 is 10.0 Å². The monoisotopic (exact) mass is 217 g/mol. The zero-order valence-electron chi connectivity index (χ0n) is 7.71. The van der Waals surface area contributed by atoms with E-state index in [1.165, 1.54) is 0 Å². The average molecular weight is 217 g/mol. The van der Waals surface area contributed by atoms with Crippen LogP contribution in [-0.2, 0) is 10.2 Å². The van der Waals surface area contributed by atoms with Gasteiger partial charge in [0.2, 0.25) is 5.84 Å². The van der Waals surface area contributed by atoms with Gasteiger partial charge in [-0.1, -0.05) is 6.92 Å². The summed E-state index contributed by atoms with van der Waals surface area (Å²) in [6, 6.07) is 0. The highest BCUT2D eigenvalue weighted by molar-refractivity contribution is 7.89. The molecule has 6 nitrogen and oxygen atoms in total. The predicted molar refractivity (Wildman–Crippen MR) is 51.8 cm³/mol. The first-order chi connectivity index (χ1) is 6.52. The van der Waals surface area contributed by atoms with E-state index < -0.39 is 16.1 Å². The van der Waals surface area contributed by atoms with Crippen molar-refractivity contribution < 1.29 is 13.5 Å². The molecule has 0 aliphatic carbocycles. The van der Waals surface area contributed by atoms with E-state index in [1.54, 1.807) is 4.90 Å². The van der Waals surface area contributed by atoms with E-state index in [2.05, 4.69) is 15.7 Å². The molecular formula is C7H11N3O3S. The Morgan fingerprint density at radius 3 is 2.57 bits per heavy atom. The molecule has 7 heteroatoms. The van der Waals surface area contributed by atoms with E-state index in [1.807, 2.05) is 0 Å². The first-order valence-corrected chi connectivity index (χ1v) is 5.80. The Bertz CT molecular complexity index is 406. The molecule has 2 rings (SSSR count). The molecule has 0 bridgehead atoms. The van der Waals surface area contributed by atoms with Crippen molar-refractivity contribution in [3.05, 3.63) is 0 Å². The van der Waals surface area contributed by atoms with Gasteiger partial charge in [0.1, 0.15) is 0 Å². The summed E-state index contributed by atoms with van der Waals surface area (Å²) >= 11 is 0. The number of rotatable bonds is 1. The maximum Gasteiger partial charge on any atom is 0.368 e. The fourth-order valence-electron chi connectivity index (χ4n) is 1.52. The predicted octanol–water partition coefficient (Wildman–Crippen LogP) is -0.0584. The van der Waals surface area contributed by atoms with Gasteiger partial charge in [-0.05, 0) is 12.3 Å². The van der Waals surface area contributed by atoms with Crippen molar-refractivity contribution in [1.82, 2.24) is 4.90 Å². The molecule has 2 aliphatic heterocycles. The molecule has 1 fully saturated rings. The SMILES string of the molecule is CCC1CN(C2=NS(=O)(=O)N=C2O)C1. The fraction of sp³-hybridized carbons (Fsp3) is 0.714. The van der Waals surface area contributed by atoms with Gasteiger partial charge in [0.15, 0.2) is 0 Å². The molecule has 78 valence electrons. The minimum Gasteiger partial charge on any atom is -0.490 e. The molecule has 0 spiro atoms. The maximum absolute atomic E-state index is 10.9. The third-order valence-corrected chi connectivity index (χ3v) is 3.25. The van der Waals surface area contributed by atoms with Crippen LogP contribution < -0.4 is 0 Å². The first kappa shape index (κ1) is 9.45. The molecule has 0 aromatic rings. The molecule has 0 aromatic heterocycles. The van der Waals surface area contributed by atoms with Crippen molar-refractivity contribution in [3.8, 4) is 0 Å². The lowest BCUT2D eigenvalue weighted by atomic mass is 9.97. The Labute approximate surface area is 82.2 Å². The molecular weight excluding hydrogens is 206 g/mol. The van der Waals surface area contributed by atoms with Crippen LogP contribution in [0.4, 0.5) is 0 Å². The van der Waals surface area contributed by atoms with Gasteiger partial charge in [0.05, 0.1) is 0 Å². The molecule has 0 unspecified atom stereocenters. The zero-order chi connectivity index (χ0) is 10.3. The quantitative estimate of drug-likeness (QED) is 0.667. The normalized spacial score (nSPS) is 25.6. The van der Waals surface area contributed by atoms with Crippen LogP contribution in [0.25, 0.3) is 0 Å². The van der Waals surface area contributed by atoms with E-state index in [9.17, 15) is 13.5 Å². The third-order valence-electron chi connectivity index (χ3n) is 2.44. The van der Waals surface area contributed by atoms with E-state index >= 15 is 0 Å². The summed E-state index contributed by atoms with van der Waals surface area (Å²) in [5.74, 6) is 0.169. The largest absolute Gasteiger partial charge is 0.490 e. The van der Waals surface area contributed by atoms with Crippen molar-refractivity contribution in [1.29, 1.82) is 0 Å². The van der Waals surface area contributed by atoms with Crippen molar-refractivity contribution in [2.45, 2.75) is 13.3 Å². The summed E-state index contributed by atoms with van der Waals surface area (Å²) in [6.45, 7) is 3.55. The van der Waals surface area contributed by atoms with E-state index in [-0.39, 0.29) is 5.84 Å². The zero-order valence-corrected chi connectivity index (χ0v) is 8.53. The molecule has 0 aromatic carbocycles. The van der Waals surface area contributed by atoms with Crippen LogP contribution in [0.2, 0.25) is 0 Å². The van der Waals surface area contributed by atoms with Crippen molar-refractivity contribution >= 4 is 21.9 Å². The molecule has 1 N–H and O–H groups in total. The lowest BCUT2D eigenvalue weighted by Gasteiger charge is -2.39. The molecule has 0 radical (unpaired) electrons. The van der Waals surface area contributed by atoms with Gasteiger partial charge >= 0.3 is 10.2 Å². The van der Waals surface area contributed by atoms with Crippen molar-refractivity contribution in [3.63, 3.8) is 0 Å². The van der Waals surface area contributed by atoms with Crippen LogP contribution in [-0.4, -0.2) is 43.2 Å². The topological polar surface area (TPSA) is 82.3 Å². The van der Waals surface area contributed by atoms with Gasteiger partial charge in [-0.3, -0.25) is 0 Å². The lowest BCUT2D eigenvalue weighted by Crippen LogP contribution is -2.51. The van der Waals surface area contributed by atoms with Crippen LogP contribution in [0.5, 0.6) is 0 Å². The van der Waals surface area contributed by atoms with E-state index in [0.29, 0.717) is 5.92 Å². The summed E-state index contributed by atoms with van der Waals surface area (Å²) in [5, 5.41) is 9.22. The highest BCUT2D eigenvalue weighted by Gasteiger charge is 2.35. The second-order valence-electron chi connectivity index (χ2n) is 3.46. The van der Waals surface area contributed by atoms with Crippen molar-refractivity contribution in [2.24, 2.45) is 14.7 Å². The standard InChI is InChI=1S/C7H11N3O3S/c1-2-5-3-10(4-5)6-7(11)9-14(12,13)8-6/h5H,2-4H2,1H3,(H,9,11). The summed E-state index contributed by atoms with van der Waals surface area (Å²) in [7, 11) is -3.81. The Balaban J connectivity index is 2.12. The average Bonchev–Trinajstić information content (AvgIpc) is 2.23. The number of aliphatic hydroxyl groups is 1. The molecule has 1 saturated heterocycles. The van der Waals surface area contributed by atoms with Crippen LogP contribution >= 0.6 is 0 Å². The van der Waals surface area contributed by atoms with Gasteiger partial charge in [-0.15, -0.1) is 8.80 Å². The van der Waals surface area contributed by atoms with Gasteiger partial charge in [-0.25, -0.2) is 0 Å². The summed E-state index contributed by atoms with van der Waals surface area (Å²) in [4.78, 5) is 1.72. The first-order valence-electron chi connectivity index (χ1n) is 4.41. The molecule has 2 heterocycles. The number of hydrogen-bond acceptors (Lipinski definition) is 3. The Morgan fingerprint density at radius 1 is 1.50 bits per heavy atom. The van der Waals surface area contributed by atoms with E-state index in [4.69, 9.17) is 0 Å². The fourth-order valence-corrected chi connectivity index (χ4v) is 2.28. The second-order valence-corrected chi connectivity index (χ2v) is 4.72. The maximum atomic E-state index is 10.9. The molecule has 14 heavy (non-hydrogen) atoms. The minimum absolute atomic E-state index is 0.0923. The number of amidine groups is 1. The van der Waals surface area contributed by atoms with Crippen LogP contribution in [0.15, 0.2) is 8.80 Å². The third kappa shape index (κ3) is 1.47. The Morgan fingerprint density at radius 2 is 2.14 bits per heavy atom. The molecule has 2 aliphatic rings. The molecule has 0 amide bonds. The molecule has 0 atom stereocenters. The number of likely N-dealkylation sites (tertiary alicyclic amines) is 1. The van der Waals surface area contributed by atoms with Crippen LogP contribution in [0.1, 0.15) is 13.3 Å². The van der Waals surface area contributed by atoms with Gasteiger partial charge in [-0.2, -0.15) is 8.42 Å². The summed E-state index contributed by atoms with van der Waals surface area (Å²) in [6.07, 6.45) is 1.05. The van der Waals surface area contributed by atoms with Crippen LogP contribution in [0.3, 0.4) is 0 Å². The number of aliphatic hydroxyl groups excluding tert-OH is 1. The van der Waals surface area contributed by atoms with Crippen molar-refractivity contribution in [2.75, 3.05) is 13.1 Å². The minimum atomic E-state index is -3.81. The Hall–Kier alpha value is -1.11. The van der Waals surface area contributed by atoms with Crippen LogP contribution in [0, 0.1) is 5.92 Å². The highest BCUT2D eigenvalue weighted by Crippen LogP contribution is 2.21. The summed E-state index contributed by atoms with van der Waals surface area (Å²) in [5.41, 5.74) is 0. The van der Waals surface area contributed by atoms with Gasteiger partial charge in [0, 0.05) is 13.1 Å². The second kappa shape index (κ2) is 2.94. The highest BCUT2D eigenvalue weighted by atomic mass is 32.2. The van der Waals surface area contributed by atoms with Gasteiger partial charge in [0.25, 0.3) is 5.90 Å². The smallest absolute Gasteiger partial charge is 0.368 e. The Kier molecular flexibility index (Phi) is 1.99. The number of hydrogen-bond donors (Lipinski definition) is 1. The lowest BCUT2D eigenvalue weighted by molar-refractivity contribution is 0.184. The number of nitrogens with zero attached hydrogens (tertiary/aromatic N) is 3. The van der Waals surface area contributed by atoms with E-state index in [0.717, 1.165) is 19.5 Å². The molecule has 0 saturated carbocycles. The summed E-state index contributed by atoms with van der Waals surface area (Å²) < 4.78 is 28.2.